The van der Waals surface area contributed by atoms with Crippen LogP contribution in [-0.4, -0.2) is 42.5 Å². The first-order valence-corrected chi connectivity index (χ1v) is 15.5. The van der Waals surface area contributed by atoms with Gasteiger partial charge in [0.25, 0.3) is 0 Å². The molecule has 0 radical (unpaired) electrons. The number of nitrogens with one attached hydrogen (secondary N) is 2. The van der Waals surface area contributed by atoms with Crippen molar-refractivity contribution >= 4 is 23.9 Å². The van der Waals surface area contributed by atoms with E-state index in [4.69, 9.17) is 4.74 Å². The van der Waals surface area contributed by atoms with Crippen LogP contribution in [0.1, 0.15) is 89.5 Å². The monoisotopic (exact) mass is 589 g/mol. The summed E-state index contributed by atoms with van der Waals surface area (Å²) in [6, 6.07) is 3.01. The molecule has 7 nitrogen and oxygen atoms in total. The van der Waals surface area contributed by atoms with E-state index in [1.807, 2.05) is 18.2 Å². The van der Waals surface area contributed by atoms with Crippen LogP contribution in [0.25, 0.3) is 6.08 Å². The van der Waals surface area contributed by atoms with Gasteiger partial charge >= 0.3 is 5.97 Å². The Labute approximate surface area is 259 Å². The summed E-state index contributed by atoms with van der Waals surface area (Å²) in [5.74, 6) is -0.689. The summed E-state index contributed by atoms with van der Waals surface area (Å²) < 4.78 is 4.84. The molecule has 0 spiro atoms. The Morgan fingerprint density at radius 3 is 2.09 bits per heavy atom. The van der Waals surface area contributed by atoms with Gasteiger partial charge in [-0.25, -0.2) is 4.79 Å². The molecule has 43 heavy (non-hydrogen) atoms. The second-order valence-electron chi connectivity index (χ2n) is 9.98. The standard InChI is InChI=1S/C36H51N3O4/c1-3-4-5-6-7-8-9-10-11-12-13-14-15-16-17-18-19-27-34(40)38-30-21-20-26-33(36(42)43-2)39-35(41)28-22-24-32-25-23-29-37-31-32/h4-5,7-8,10-11,13-14,16-17,22-25,29,31,33H,3,6,9,12,15,18-21,26-28,30H2,1-2H3,(H,38,40)(H,39,41)/b5-4-,8-7-,11-10-,14-13-,17-16-,24-22+/t33-/m0/s1. The minimum absolute atomic E-state index is 0.0329. The van der Waals surface area contributed by atoms with E-state index in [1.165, 1.54) is 7.11 Å². The van der Waals surface area contributed by atoms with E-state index >= 15 is 0 Å². The smallest absolute Gasteiger partial charge is 0.328 e. The van der Waals surface area contributed by atoms with E-state index in [9.17, 15) is 14.4 Å². The quantitative estimate of drug-likeness (QED) is 0.0790. The minimum Gasteiger partial charge on any atom is -0.467 e. The molecule has 0 saturated carbocycles. The molecule has 1 rings (SSSR count). The van der Waals surface area contributed by atoms with E-state index in [1.54, 1.807) is 18.5 Å². The highest BCUT2D eigenvalue weighted by Crippen LogP contribution is 2.05. The highest BCUT2D eigenvalue weighted by molar-refractivity contribution is 5.85. The number of amides is 2. The number of esters is 1. The molecule has 0 aliphatic carbocycles. The number of nitrogens with zero attached hydrogens (tertiary/aromatic N) is 1. The Kier molecular flexibility index (Phi) is 23.1. The van der Waals surface area contributed by atoms with Gasteiger partial charge in [-0.3, -0.25) is 14.6 Å². The van der Waals surface area contributed by atoms with Crippen LogP contribution >= 0.6 is 0 Å². The van der Waals surface area contributed by atoms with E-state index in [-0.39, 0.29) is 18.2 Å². The van der Waals surface area contributed by atoms with Crippen LogP contribution in [0.2, 0.25) is 0 Å². The van der Waals surface area contributed by atoms with Gasteiger partial charge < -0.3 is 15.4 Å². The molecule has 1 aromatic heterocycles. The Bertz CT molecular complexity index is 1070. The van der Waals surface area contributed by atoms with Crippen molar-refractivity contribution in [2.75, 3.05) is 13.7 Å². The van der Waals surface area contributed by atoms with Gasteiger partial charge in [-0.1, -0.05) is 85.9 Å². The van der Waals surface area contributed by atoms with E-state index < -0.39 is 12.0 Å². The number of rotatable bonds is 23. The Morgan fingerprint density at radius 1 is 0.837 bits per heavy atom. The summed E-state index contributed by atoms with van der Waals surface area (Å²) in [5.41, 5.74) is 0.899. The molecule has 2 N–H and O–H groups in total. The number of pyridine rings is 1. The number of ether oxygens (including phenoxy) is 1. The predicted octanol–water partition coefficient (Wildman–Crippen LogP) is 7.35. The van der Waals surface area contributed by atoms with Crippen molar-refractivity contribution in [3.8, 4) is 0 Å². The lowest BCUT2D eigenvalue weighted by Crippen LogP contribution is -2.41. The highest BCUT2D eigenvalue weighted by atomic mass is 16.5. The zero-order valence-electron chi connectivity index (χ0n) is 26.1. The van der Waals surface area contributed by atoms with Gasteiger partial charge in [0, 0.05) is 31.8 Å². The van der Waals surface area contributed by atoms with Gasteiger partial charge in [0.05, 0.1) is 7.11 Å². The van der Waals surface area contributed by atoms with Gasteiger partial charge in [-0.15, -0.1) is 0 Å². The summed E-state index contributed by atoms with van der Waals surface area (Å²) in [7, 11) is 1.31. The van der Waals surface area contributed by atoms with E-state index in [0.717, 1.165) is 50.5 Å². The number of allylic oxidation sites excluding steroid dienone is 10. The van der Waals surface area contributed by atoms with Crippen molar-refractivity contribution in [3.05, 3.63) is 96.9 Å². The topological polar surface area (TPSA) is 97.4 Å². The molecule has 0 fully saturated rings. The number of hydrogen-bond acceptors (Lipinski definition) is 5. The number of carbonyl (C=O) groups is 3. The minimum atomic E-state index is -0.705. The molecule has 1 aromatic rings. The number of unbranched alkanes of at least 4 members (excludes halogenated alkanes) is 2. The summed E-state index contributed by atoms with van der Waals surface area (Å²) in [6.45, 7) is 2.68. The number of hydrogen-bond donors (Lipinski definition) is 2. The zero-order chi connectivity index (χ0) is 31.2. The van der Waals surface area contributed by atoms with Crippen molar-refractivity contribution in [1.29, 1.82) is 0 Å². The van der Waals surface area contributed by atoms with Crippen LogP contribution < -0.4 is 10.6 Å². The largest absolute Gasteiger partial charge is 0.467 e. The maximum Gasteiger partial charge on any atom is 0.328 e. The molecule has 1 heterocycles. The normalized spacial score (nSPS) is 12.8. The van der Waals surface area contributed by atoms with Crippen molar-refractivity contribution in [1.82, 2.24) is 15.6 Å². The number of carbonyl (C=O) groups excluding carboxylic acids is 3. The zero-order valence-corrected chi connectivity index (χ0v) is 26.1. The highest BCUT2D eigenvalue weighted by Gasteiger charge is 2.20. The van der Waals surface area contributed by atoms with Crippen LogP contribution in [0.3, 0.4) is 0 Å². The third-order valence-corrected chi connectivity index (χ3v) is 6.29. The molecule has 2 amide bonds. The van der Waals surface area contributed by atoms with Crippen molar-refractivity contribution < 1.29 is 19.1 Å². The van der Waals surface area contributed by atoms with Crippen LogP contribution in [0.5, 0.6) is 0 Å². The van der Waals surface area contributed by atoms with Crippen LogP contribution in [-0.2, 0) is 19.1 Å². The fourth-order valence-electron chi connectivity index (χ4n) is 3.96. The van der Waals surface area contributed by atoms with Gasteiger partial charge in [0.1, 0.15) is 6.04 Å². The average Bonchev–Trinajstić information content (AvgIpc) is 3.02. The first kappa shape index (κ1) is 37.0. The SMILES string of the molecule is CC/C=C\C/C=C\C/C=C\C/C=C\C/C=C\CCCC(=O)NCCCC[C@H](NC(=O)C/C=C/c1cccnc1)C(=O)OC. The summed E-state index contributed by atoms with van der Waals surface area (Å²) in [5, 5.41) is 5.68. The number of aromatic nitrogens is 1. The molecule has 0 aliphatic heterocycles. The lowest BCUT2D eigenvalue weighted by atomic mass is 10.1. The summed E-state index contributed by atoms with van der Waals surface area (Å²) >= 11 is 0. The molecule has 0 aliphatic rings. The fraction of sp³-hybridized carbons (Fsp3) is 0.444. The molecule has 1 atom stereocenters. The first-order chi connectivity index (χ1) is 21.1. The fourth-order valence-corrected chi connectivity index (χ4v) is 3.96. The number of methoxy groups -OCH3 is 1. The summed E-state index contributed by atoms with van der Waals surface area (Å²) in [4.78, 5) is 40.5. The Morgan fingerprint density at radius 2 is 1.49 bits per heavy atom. The van der Waals surface area contributed by atoms with Gasteiger partial charge in [0.2, 0.25) is 11.8 Å². The molecule has 234 valence electrons. The molecular weight excluding hydrogens is 538 g/mol. The maximum absolute atomic E-state index is 12.3. The van der Waals surface area contributed by atoms with Gasteiger partial charge in [-0.2, -0.15) is 0 Å². The molecule has 0 aromatic carbocycles. The lowest BCUT2D eigenvalue weighted by molar-refractivity contribution is -0.145. The second kappa shape index (κ2) is 26.9. The molecule has 0 unspecified atom stereocenters. The van der Waals surface area contributed by atoms with Gasteiger partial charge in [0.15, 0.2) is 0 Å². The van der Waals surface area contributed by atoms with E-state index in [2.05, 4.69) is 83.3 Å². The third kappa shape index (κ3) is 22.3. The van der Waals surface area contributed by atoms with Crippen LogP contribution in [0, 0.1) is 0 Å². The average molecular weight is 590 g/mol. The van der Waals surface area contributed by atoms with Crippen molar-refractivity contribution in [2.45, 2.75) is 90.0 Å². The van der Waals surface area contributed by atoms with Crippen molar-refractivity contribution in [2.24, 2.45) is 0 Å². The molecular formula is C36H51N3O4. The van der Waals surface area contributed by atoms with E-state index in [0.29, 0.717) is 32.2 Å². The molecule has 0 saturated heterocycles. The third-order valence-electron chi connectivity index (χ3n) is 6.29. The van der Waals surface area contributed by atoms with Crippen LogP contribution in [0.15, 0.2) is 91.4 Å². The Hall–Kier alpha value is -4.00. The molecule has 0 bridgehead atoms. The maximum atomic E-state index is 12.3. The lowest BCUT2D eigenvalue weighted by Gasteiger charge is -2.16. The molecule has 7 heteroatoms. The van der Waals surface area contributed by atoms with Gasteiger partial charge in [-0.05, 0) is 75.8 Å². The summed E-state index contributed by atoms with van der Waals surface area (Å²) in [6.07, 6.45) is 37.8. The van der Waals surface area contributed by atoms with Crippen LogP contribution in [0.4, 0.5) is 0 Å². The second-order valence-corrected chi connectivity index (χ2v) is 9.98. The van der Waals surface area contributed by atoms with Crippen molar-refractivity contribution in [3.63, 3.8) is 0 Å². The Balaban J connectivity index is 2.10. The first-order valence-electron chi connectivity index (χ1n) is 15.5. The predicted molar refractivity (Wildman–Crippen MR) is 177 cm³/mol.